The fourth-order valence-corrected chi connectivity index (χ4v) is 13.8. The summed E-state index contributed by atoms with van der Waals surface area (Å²) in [5, 5.41) is 10.6. The number of carbonyl (C=O) groups is 4. The molecule has 0 aromatic carbocycles. The molecule has 5 atom stereocenters. The van der Waals surface area contributed by atoms with Crippen LogP contribution in [-0.2, 0) is 65.4 Å². The average molecular weight is 1440 g/mol. The molecule has 0 aromatic heterocycles. The summed E-state index contributed by atoms with van der Waals surface area (Å²) in [6.45, 7) is 7.32. The van der Waals surface area contributed by atoms with E-state index in [1.54, 1.807) is 0 Å². The van der Waals surface area contributed by atoms with Crippen LogP contribution in [0.4, 0.5) is 0 Å². The third-order valence-electron chi connectivity index (χ3n) is 18.5. The summed E-state index contributed by atoms with van der Waals surface area (Å²) >= 11 is 0. The van der Waals surface area contributed by atoms with Crippen molar-refractivity contribution in [3.05, 3.63) is 0 Å². The van der Waals surface area contributed by atoms with E-state index in [0.29, 0.717) is 25.7 Å². The van der Waals surface area contributed by atoms with E-state index in [9.17, 15) is 43.2 Å². The van der Waals surface area contributed by atoms with Crippen molar-refractivity contribution in [1.29, 1.82) is 0 Å². The Morgan fingerprint density at radius 3 is 0.694 bits per heavy atom. The minimum absolute atomic E-state index is 0.108. The SMILES string of the molecule is CCCCCCCCCCCCCCCCCCCCCCC(=O)O[C@H](COC(=O)CCCCCCCCCCCCCC(C)C)COP(=O)(O)OC[C@@H](O)COP(=O)(O)OC[C@@H](COC(=O)CCCCCCCCCCCCCC)OC(=O)CCCCCCCCCCCCCC. The number of hydrogen-bond donors (Lipinski definition) is 3. The first kappa shape index (κ1) is 96.1. The summed E-state index contributed by atoms with van der Waals surface area (Å²) in [6.07, 6.45) is 62.3. The Balaban J connectivity index is 5.23. The molecule has 0 spiro atoms. The third kappa shape index (κ3) is 72.4. The van der Waals surface area contributed by atoms with Crippen LogP contribution in [0, 0.1) is 5.92 Å². The molecule has 0 rings (SSSR count). The first-order chi connectivity index (χ1) is 47.5. The van der Waals surface area contributed by atoms with E-state index in [-0.39, 0.29) is 25.7 Å². The number of phosphoric acid groups is 2. The van der Waals surface area contributed by atoms with Gasteiger partial charge >= 0.3 is 39.5 Å². The van der Waals surface area contributed by atoms with E-state index < -0.39 is 97.5 Å². The van der Waals surface area contributed by atoms with Gasteiger partial charge in [0.05, 0.1) is 26.4 Å². The molecule has 3 N–H and O–H groups in total. The van der Waals surface area contributed by atoms with Gasteiger partial charge in [-0.05, 0) is 31.6 Å². The number of rotatable bonds is 79. The van der Waals surface area contributed by atoms with Gasteiger partial charge in [0.25, 0.3) is 0 Å². The van der Waals surface area contributed by atoms with E-state index >= 15 is 0 Å². The van der Waals surface area contributed by atoms with Crippen LogP contribution in [0.15, 0.2) is 0 Å². The standard InChI is InChI=1S/C79H154O17P2/c1-6-9-12-15-18-21-24-27-28-29-30-31-32-33-34-39-45-50-55-60-65-79(84)96-75(69-90-77(82)63-58-53-48-43-40-35-36-41-46-51-56-61-72(4)5)71-94-98(87,88)92-67-73(80)66-91-97(85,86)93-70-74(95-78(83)64-59-54-49-44-38-26-23-20-17-14-11-8-3)68-89-76(81)62-57-52-47-42-37-25-22-19-16-13-10-7-2/h72-75,80H,6-71H2,1-5H3,(H,85,86)(H,87,88)/t73-,74+,75+/m0/s1. The van der Waals surface area contributed by atoms with Gasteiger partial charge in [0.15, 0.2) is 12.2 Å². The molecule has 0 aliphatic heterocycles. The molecule has 0 aliphatic rings. The van der Waals surface area contributed by atoms with Crippen molar-refractivity contribution in [2.75, 3.05) is 39.6 Å². The predicted molar refractivity (Wildman–Crippen MR) is 400 cm³/mol. The van der Waals surface area contributed by atoms with Gasteiger partial charge in [0.2, 0.25) is 0 Å². The van der Waals surface area contributed by atoms with Gasteiger partial charge in [-0.1, -0.05) is 369 Å². The van der Waals surface area contributed by atoms with Crippen LogP contribution in [0.1, 0.15) is 420 Å². The van der Waals surface area contributed by atoms with E-state index in [0.717, 1.165) is 95.8 Å². The van der Waals surface area contributed by atoms with Crippen LogP contribution in [0.3, 0.4) is 0 Å². The second kappa shape index (κ2) is 72.0. The maximum absolute atomic E-state index is 13.1. The van der Waals surface area contributed by atoms with Crippen LogP contribution in [0.25, 0.3) is 0 Å². The quantitative estimate of drug-likeness (QED) is 0.0222. The maximum Gasteiger partial charge on any atom is 0.472 e. The number of ether oxygens (including phenoxy) is 4. The van der Waals surface area contributed by atoms with Crippen molar-refractivity contribution in [3.63, 3.8) is 0 Å². The van der Waals surface area contributed by atoms with E-state index in [4.69, 9.17) is 37.0 Å². The third-order valence-corrected chi connectivity index (χ3v) is 20.4. The lowest BCUT2D eigenvalue weighted by Crippen LogP contribution is -2.30. The zero-order chi connectivity index (χ0) is 71.9. The molecule has 17 nitrogen and oxygen atoms in total. The number of carbonyl (C=O) groups excluding carboxylic acids is 4. The largest absolute Gasteiger partial charge is 0.472 e. The Hall–Kier alpha value is -1.94. The molecule has 0 saturated carbocycles. The molecular formula is C79H154O17P2. The highest BCUT2D eigenvalue weighted by Crippen LogP contribution is 2.45. The monoisotopic (exact) mass is 1440 g/mol. The first-order valence-electron chi connectivity index (χ1n) is 41.1. The van der Waals surface area contributed by atoms with Gasteiger partial charge in [0.1, 0.15) is 19.3 Å². The predicted octanol–water partition coefficient (Wildman–Crippen LogP) is 23.6. The van der Waals surface area contributed by atoms with Crippen molar-refractivity contribution in [2.45, 2.75) is 438 Å². The van der Waals surface area contributed by atoms with Crippen LogP contribution in [0.2, 0.25) is 0 Å². The fraction of sp³-hybridized carbons (Fsp3) is 0.949. The molecule has 0 saturated heterocycles. The lowest BCUT2D eigenvalue weighted by atomic mass is 10.0. The Morgan fingerprint density at radius 1 is 0.276 bits per heavy atom. The average Bonchev–Trinajstić information content (AvgIpc) is 1.42. The molecular weight excluding hydrogens is 1280 g/mol. The summed E-state index contributed by atoms with van der Waals surface area (Å²) < 4.78 is 68.6. The van der Waals surface area contributed by atoms with Crippen molar-refractivity contribution in [1.82, 2.24) is 0 Å². The Kier molecular flexibility index (Phi) is 70.6. The topological polar surface area (TPSA) is 237 Å². The van der Waals surface area contributed by atoms with Crippen molar-refractivity contribution in [2.24, 2.45) is 5.92 Å². The highest BCUT2D eigenvalue weighted by Gasteiger charge is 2.30. The second-order valence-electron chi connectivity index (χ2n) is 28.9. The van der Waals surface area contributed by atoms with Gasteiger partial charge in [-0.3, -0.25) is 37.3 Å². The van der Waals surface area contributed by atoms with E-state index in [1.807, 2.05) is 0 Å². The molecule has 582 valence electrons. The summed E-state index contributed by atoms with van der Waals surface area (Å²) in [7, 11) is -9.91. The molecule has 0 amide bonds. The van der Waals surface area contributed by atoms with Gasteiger partial charge in [-0.15, -0.1) is 0 Å². The number of esters is 4. The van der Waals surface area contributed by atoms with E-state index in [2.05, 4.69) is 34.6 Å². The highest BCUT2D eigenvalue weighted by molar-refractivity contribution is 7.47. The lowest BCUT2D eigenvalue weighted by molar-refractivity contribution is -0.161. The number of hydrogen-bond acceptors (Lipinski definition) is 15. The minimum Gasteiger partial charge on any atom is -0.462 e. The molecule has 0 fully saturated rings. The zero-order valence-corrected chi connectivity index (χ0v) is 65.7. The minimum atomic E-state index is -4.96. The number of aliphatic hydroxyl groups excluding tert-OH is 1. The van der Waals surface area contributed by atoms with Crippen LogP contribution >= 0.6 is 15.6 Å². The van der Waals surface area contributed by atoms with Crippen LogP contribution < -0.4 is 0 Å². The summed E-state index contributed by atoms with van der Waals surface area (Å²) in [5.41, 5.74) is 0. The Labute approximate surface area is 600 Å². The molecule has 0 bridgehead atoms. The normalized spacial score (nSPS) is 13.9. The summed E-state index contributed by atoms with van der Waals surface area (Å²) in [6, 6.07) is 0. The smallest absolute Gasteiger partial charge is 0.462 e. The first-order valence-corrected chi connectivity index (χ1v) is 44.1. The molecule has 2 unspecified atom stereocenters. The van der Waals surface area contributed by atoms with Crippen molar-refractivity contribution >= 4 is 39.5 Å². The number of aliphatic hydroxyl groups is 1. The molecule has 0 aromatic rings. The van der Waals surface area contributed by atoms with E-state index in [1.165, 1.54) is 244 Å². The number of phosphoric ester groups is 2. The Morgan fingerprint density at radius 2 is 0.469 bits per heavy atom. The van der Waals surface area contributed by atoms with Gasteiger partial charge < -0.3 is 33.8 Å². The van der Waals surface area contributed by atoms with Crippen molar-refractivity contribution in [3.8, 4) is 0 Å². The van der Waals surface area contributed by atoms with Crippen LogP contribution in [-0.4, -0.2) is 96.7 Å². The summed E-state index contributed by atoms with van der Waals surface area (Å²) in [5.74, 6) is -1.34. The van der Waals surface area contributed by atoms with Crippen LogP contribution in [0.5, 0.6) is 0 Å². The highest BCUT2D eigenvalue weighted by atomic mass is 31.2. The van der Waals surface area contributed by atoms with Gasteiger partial charge in [-0.25, -0.2) is 9.13 Å². The molecule has 0 heterocycles. The zero-order valence-electron chi connectivity index (χ0n) is 63.9. The number of unbranched alkanes of at least 4 members (excludes halogenated alkanes) is 51. The fourth-order valence-electron chi connectivity index (χ4n) is 12.2. The molecule has 19 heteroatoms. The maximum atomic E-state index is 13.1. The second-order valence-corrected chi connectivity index (χ2v) is 31.8. The van der Waals surface area contributed by atoms with Gasteiger partial charge in [-0.2, -0.15) is 0 Å². The molecule has 0 aliphatic carbocycles. The Bertz CT molecular complexity index is 1870. The van der Waals surface area contributed by atoms with Crippen molar-refractivity contribution < 1.29 is 80.2 Å². The molecule has 98 heavy (non-hydrogen) atoms. The lowest BCUT2D eigenvalue weighted by Gasteiger charge is -2.21. The molecule has 0 radical (unpaired) electrons. The summed E-state index contributed by atoms with van der Waals surface area (Å²) in [4.78, 5) is 72.9. The van der Waals surface area contributed by atoms with Gasteiger partial charge in [0, 0.05) is 25.7 Å².